The number of rotatable bonds is 12. The van der Waals surface area contributed by atoms with E-state index in [0.717, 1.165) is 0 Å². The van der Waals surface area contributed by atoms with E-state index in [2.05, 4.69) is 5.32 Å². The molecule has 1 N–H and O–H groups in total. The fourth-order valence-corrected chi connectivity index (χ4v) is 5.40. The molecule has 39 heavy (non-hydrogen) atoms. The lowest BCUT2D eigenvalue weighted by Crippen LogP contribution is -2.52. The maximum atomic E-state index is 13.4. The van der Waals surface area contributed by atoms with Gasteiger partial charge in [0.15, 0.2) is 0 Å². The number of ether oxygens (including phenoxy) is 3. The largest absolute Gasteiger partial charge is 0.497 e. The summed E-state index contributed by atoms with van der Waals surface area (Å²) in [6, 6.07) is 12.4. The molecule has 1 fully saturated rings. The van der Waals surface area contributed by atoms with Crippen LogP contribution in [-0.4, -0.2) is 75.3 Å². The molecule has 11 nitrogen and oxygen atoms in total. The highest BCUT2D eigenvalue weighted by Gasteiger charge is 2.40. The maximum Gasteiger partial charge on any atom is 0.408 e. The van der Waals surface area contributed by atoms with Crippen molar-refractivity contribution < 1.29 is 41.8 Å². The van der Waals surface area contributed by atoms with E-state index in [1.165, 1.54) is 31.4 Å². The van der Waals surface area contributed by atoms with Gasteiger partial charge < -0.3 is 19.5 Å². The average molecular weight is 561 g/mol. The summed E-state index contributed by atoms with van der Waals surface area (Å²) >= 11 is 0. The van der Waals surface area contributed by atoms with Crippen molar-refractivity contribution in [1.82, 2.24) is 9.62 Å². The Hall–Kier alpha value is -3.77. The summed E-state index contributed by atoms with van der Waals surface area (Å²) in [7, 11) is -3.08. The zero-order chi connectivity index (χ0) is 28.6. The van der Waals surface area contributed by atoms with Gasteiger partial charge in [-0.2, -0.15) is 0 Å². The molecule has 0 aliphatic carbocycles. The summed E-state index contributed by atoms with van der Waals surface area (Å²) in [6.07, 6.45) is -1.10. The van der Waals surface area contributed by atoms with Crippen molar-refractivity contribution in [1.29, 1.82) is 0 Å². The first-order valence-electron chi connectivity index (χ1n) is 12.4. The van der Waals surface area contributed by atoms with E-state index >= 15 is 0 Å². The summed E-state index contributed by atoms with van der Waals surface area (Å²) < 4.78 is 42.6. The van der Waals surface area contributed by atoms with Gasteiger partial charge in [-0.1, -0.05) is 44.2 Å². The van der Waals surface area contributed by atoms with Crippen LogP contribution in [-0.2, 0) is 40.3 Å². The third-order valence-corrected chi connectivity index (χ3v) is 7.64. The highest BCUT2D eigenvalue weighted by atomic mass is 32.2. The van der Waals surface area contributed by atoms with E-state index in [0.29, 0.717) is 28.6 Å². The number of amides is 2. The van der Waals surface area contributed by atoms with Crippen LogP contribution >= 0.6 is 0 Å². The number of nitrogens with zero attached hydrogens (tertiary/aromatic N) is 1. The highest BCUT2D eigenvalue weighted by molar-refractivity contribution is 7.89. The molecule has 0 bridgehead atoms. The predicted octanol–water partition coefficient (Wildman–Crippen LogP) is 2.13. The lowest BCUT2D eigenvalue weighted by molar-refractivity contribution is -0.148. The van der Waals surface area contributed by atoms with Gasteiger partial charge in [-0.05, 0) is 35.7 Å². The molecule has 0 unspecified atom stereocenters. The number of nitrogens with one attached hydrogen (secondary N) is 1. The van der Waals surface area contributed by atoms with Crippen LogP contribution in [0.15, 0.2) is 59.5 Å². The third kappa shape index (κ3) is 7.87. The molecule has 0 aromatic heterocycles. The Balaban J connectivity index is 1.86. The van der Waals surface area contributed by atoms with Gasteiger partial charge in [-0.25, -0.2) is 17.5 Å². The van der Waals surface area contributed by atoms with Gasteiger partial charge in [0.1, 0.15) is 17.9 Å². The minimum atomic E-state index is -4.49. The lowest BCUT2D eigenvalue weighted by Gasteiger charge is -2.24. The van der Waals surface area contributed by atoms with Gasteiger partial charge in [0.2, 0.25) is 5.78 Å². The Labute approximate surface area is 227 Å². The van der Waals surface area contributed by atoms with Crippen LogP contribution in [0.3, 0.4) is 0 Å². The second kappa shape index (κ2) is 13.3. The number of ketones is 2. The second-order valence-electron chi connectivity index (χ2n) is 9.38. The molecule has 12 heteroatoms. The number of Topliss-reactive ketones (excluding diaryl/α,β-unsaturated/α-hetero) is 2. The summed E-state index contributed by atoms with van der Waals surface area (Å²) in [5.41, 5.74) is 0.602. The summed E-state index contributed by atoms with van der Waals surface area (Å²) in [4.78, 5) is 52.0. The van der Waals surface area contributed by atoms with Crippen LogP contribution in [0.1, 0.15) is 25.8 Å². The van der Waals surface area contributed by atoms with E-state index in [1.807, 2.05) is 0 Å². The molecule has 1 heterocycles. The standard InChI is InChI=1S/C27H32N2O9S/c1-18(2)16-29(39(34,35)22-11-9-20(36-3)10-12-22)26(32)25(31)24(30)23(15-19-7-5-4-6-8-19)28-27(33)38-21-13-14-37-17-21/h4-12,18,21,23H,13-17H2,1-3H3,(H,28,33)/t21-,23+/m0/s1. The fraction of sp³-hybridized carbons (Fsp3) is 0.407. The number of hydrogen-bond acceptors (Lipinski definition) is 9. The first-order chi connectivity index (χ1) is 18.5. The van der Waals surface area contributed by atoms with Gasteiger partial charge >= 0.3 is 12.0 Å². The van der Waals surface area contributed by atoms with E-state index in [1.54, 1.807) is 44.2 Å². The Morgan fingerprint density at radius 2 is 1.72 bits per heavy atom. The van der Waals surface area contributed by atoms with Crippen LogP contribution in [0.5, 0.6) is 5.75 Å². The molecule has 0 spiro atoms. The Morgan fingerprint density at radius 3 is 2.28 bits per heavy atom. The molecule has 2 atom stereocenters. The molecule has 2 aromatic rings. The third-order valence-electron chi connectivity index (χ3n) is 5.88. The Kier molecular flexibility index (Phi) is 10.2. The molecular formula is C27H32N2O9S. The smallest absolute Gasteiger partial charge is 0.408 e. The zero-order valence-corrected chi connectivity index (χ0v) is 22.8. The first-order valence-corrected chi connectivity index (χ1v) is 13.8. The predicted molar refractivity (Wildman–Crippen MR) is 140 cm³/mol. The number of sulfonamides is 1. The van der Waals surface area contributed by atoms with Crippen molar-refractivity contribution in [2.24, 2.45) is 5.92 Å². The van der Waals surface area contributed by atoms with Gasteiger partial charge in [0, 0.05) is 19.4 Å². The van der Waals surface area contributed by atoms with Gasteiger partial charge in [-0.15, -0.1) is 0 Å². The number of carbonyl (C=O) groups excluding carboxylic acids is 4. The monoisotopic (exact) mass is 560 g/mol. The average Bonchev–Trinajstić information content (AvgIpc) is 3.43. The Morgan fingerprint density at radius 1 is 1.05 bits per heavy atom. The number of carbonyl (C=O) groups is 4. The molecule has 1 saturated heterocycles. The molecule has 3 rings (SSSR count). The van der Waals surface area contributed by atoms with Gasteiger partial charge in [0.05, 0.1) is 25.2 Å². The second-order valence-corrected chi connectivity index (χ2v) is 11.2. The minimum Gasteiger partial charge on any atom is -0.497 e. The van der Waals surface area contributed by atoms with Gasteiger partial charge in [-0.3, -0.25) is 14.4 Å². The van der Waals surface area contributed by atoms with E-state index in [9.17, 15) is 27.6 Å². The number of hydrogen-bond donors (Lipinski definition) is 1. The summed E-state index contributed by atoms with van der Waals surface area (Å²) in [5, 5.41) is 2.37. The van der Waals surface area contributed by atoms with E-state index in [4.69, 9.17) is 14.2 Å². The Bertz CT molecular complexity index is 1270. The van der Waals surface area contributed by atoms with Crippen LogP contribution in [0.25, 0.3) is 0 Å². The first kappa shape index (κ1) is 29.8. The van der Waals surface area contributed by atoms with Crippen molar-refractivity contribution in [3.05, 3.63) is 60.2 Å². The number of methoxy groups -OCH3 is 1. The lowest BCUT2D eigenvalue weighted by atomic mass is 9.99. The number of alkyl carbamates (subject to hydrolysis) is 1. The molecular weight excluding hydrogens is 528 g/mol. The van der Waals surface area contributed by atoms with Crippen molar-refractivity contribution >= 4 is 33.6 Å². The van der Waals surface area contributed by atoms with Crippen molar-refractivity contribution in [2.45, 2.75) is 43.7 Å². The van der Waals surface area contributed by atoms with Crippen LogP contribution in [0, 0.1) is 5.92 Å². The topological polar surface area (TPSA) is 145 Å². The summed E-state index contributed by atoms with van der Waals surface area (Å²) in [6.45, 7) is 3.62. The zero-order valence-electron chi connectivity index (χ0n) is 22.0. The molecule has 0 radical (unpaired) electrons. The maximum absolute atomic E-state index is 13.4. The molecule has 210 valence electrons. The SMILES string of the molecule is COc1ccc(S(=O)(=O)N(CC(C)C)C(=O)C(=O)C(=O)[C@@H](Cc2ccccc2)NC(=O)O[C@H]2CCOC2)cc1. The molecule has 1 aliphatic heterocycles. The van der Waals surface area contributed by atoms with Crippen molar-refractivity contribution in [2.75, 3.05) is 26.9 Å². The summed E-state index contributed by atoms with van der Waals surface area (Å²) in [5.74, 6) is -4.30. The minimum absolute atomic E-state index is 0.121. The molecule has 0 saturated carbocycles. The number of benzene rings is 2. The van der Waals surface area contributed by atoms with E-state index < -0.39 is 45.7 Å². The molecule has 2 aromatic carbocycles. The van der Waals surface area contributed by atoms with Crippen LogP contribution in [0.4, 0.5) is 4.79 Å². The van der Waals surface area contributed by atoms with E-state index in [-0.39, 0.29) is 30.4 Å². The highest BCUT2D eigenvalue weighted by Crippen LogP contribution is 2.21. The molecule has 1 aliphatic rings. The molecule has 2 amide bonds. The fourth-order valence-electron chi connectivity index (χ4n) is 3.87. The van der Waals surface area contributed by atoms with Crippen LogP contribution in [0.2, 0.25) is 0 Å². The normalized spacial score (nSPS) is 15.8. The van der Waals surface area contributed by atoms with Crippen molar-refractivity contribution in [3.63, 3.8) is 0 Å². The quantitative estimate of drug-likeness (QED) is 0.305. The van der Waals surface area contributed by atoms with Crippen LogP contribution < -0.4 is 10.1 Å². The van der Waals surface area contributed by atoms with Gasteiger partial charge in [0.25, 0.3) is 15.8 Å². The van der Waals surface area contributed by atoms with Crippen molar-refractivity contribution in [3.8, 4) is 5.75 Å².